The van der Waals surface area contributed by atoms with E-state index in [4.69, 9.17) is 9.84 Å². The first-order valence-electron chi connectivity index (χ1n) is 5.41. The van der Waals surface area contributed by atoms with Crippen LogP contribution in [0.3, 0.4) is 0 Å². The van der Waals surface area contributed by atoms with Gasteiger partial charge in [-0.05, 0) is 18.6 Å². The number of hydrogen-bond acceptors (Lipinski definition) is 4. The number of phenols is 1. The van der Waals surface area contributed by atoms with Gasteiger partial charge in [-0.15, -0.1) is 0 Å². The lowest BCUT2D eigenvalue weighted by Gasteiger charge is -2.16. The standard InChI is InChI=1S/C12H17NO4/c1-3-8(7-14)13-12(16)11-9(15)5-4-6-10(11)17-2/h4-6,8,14-15H,3,7H2,1-2H3,(H,13,16). The lowest BCUT2D eigenvalue weighted by atomic mass is 10.1. The summed E-state index contributed by atoms with van der Waals surface area (Å²) in [6.45, 7) is 1.71. The van der Waals surface area contributed by atoms with Crippen LogP contribution in [-0.2, 0) is 0 Å². The highest BCUT2D eigenvalue weighted by Crippen LogP contribution is 2.27. The molecule has 3 N–H and O–H groups in total. The van der Waals surface area contributed by atoms with Crippen molar-refractivity contribution in [3.8, 4) is 11.5 Å². The molecule has 0 aliphatic rings. The lowest BCUT2D eigenvalue weighted by Crippen LogP contribution is -2.37. The summed E-state index contributed by atoms with van der Waals surface area (Å²) in [4.78, 5) is 11.9. The highest BCUT2D eigenvalue weighted by molar-refractivity contribution is 5.99. The van der Waals surface area contributed by atoms with E-state index in [0.717, 1.165) is 0 Å². The Morgan fingerprint density at radius 1 is 1.53 bits per heavy atom. The van der Waals surface area contributed by atoms with Gasteiger partial charge < -0.3 is 20.3 Å². The predicted octanol–water partition coefficient (Wildman–Crippen LogP) is 0.902. The van der Waals surface area contributed by atoms with Gasteiger partial charge in [0.1, 0.15) is 17.1 Å². The smallest absolute Gasteiger partial charge is 0.259 e. The predicted molar refractivity (Wildman–Crippen MR) is 63.3 cm³/mol. The van der Waals surface area contributed by atoms with Crippen molar-refractivity contribution in [2.75, 3.05) is 13.7 Å². The van der Waals surface area contributed by atoms with Crippen molar-refractivity contribution in [2.24, 2.45) is 0 Å². The highest BCUT2D eigenvalue weighted by Gasteiger charge is 2.19. The molecule has 5 heteroatoms. The molecular formula is C12H17NO4. The maximum absolute atomic E-state index is 11.9. The van der Waals surface area contributed by atoms with Gasteiger partial charge in [0.25, 0.3) is 5.91 Å². The molecule has 94 valence electrons. The third kappa shape index (κ3) is 3.10. The zero-order valence-corrected chi connectivity index (χ0v) is 9.93. The molecule has 0 aliphatic heterocycles. The normalized spacial score (nSPS) is 11.9. The monoisotopic (exact) mass is 239 g/mol. The van der Waals surface area contributed by atoms with Crippen molar-refractivity contribution in [2.45, 2.75) is 19.4 Å². The van der Waals surface area contributed by atoms with Crippen LogP contribution in [0.2, 0.25) is 0 Å². The Hall–Kier alpha value is -1.75. The van der Waals surface area contributed by atoms with Crippen LogP contribution in [0.1, 0.15) is 23.7 Å². The minimum Gasteiger partial charge on any atom is -0.507 e. The maximum Gasteiger partial charge on any atom is 0.259 e. The summed E-state index contributed by atoms with van der Waals surface area (Å²) in [6, 6.07) is 4.27. The van der Waals surface area contributed by atoms with Crippen molar-refractivity contribution < 1.29 is 19.7 Å². The molecule has 0 spiro atoms. The first-order chi connectivity index (χ1) is 8.13. The van der Waals surface area contributed by atoms with Crippen molar-refractivity contribution >= 4 is 5.91 Å². The molecule has 0 radical (unpaired) electrons. The largest absolute Gasteiger partial charge is 0.507 e. The Bertz CT molecular complexity index is 388. The summed E-state index contributed by atoms with van der Waals surface area (Å²) < 4.78 is 5.01. The first-order valence-corrected chi connectivity index (χ1v) is 5.41. The van der Waals surface area contributed by atoms with E-state index in [1.165, 1.54) is 13.2 Å². The maximum atomic E-state index is 11.9. The van der Waals surface area contributed by atoms with E-state index in [1.807, 2.05) is 6.92 Å². The Morgan fingerprint density at radius 3 is 2.76 bits per heavy atom. The first kappa shape index (κ1) is 13.3. The number of rotatable bonds is 5. The minimum absolute atomic E-state index is 0.0851. The molecule has 1 rings (SSSR count). The van der Waals surface area contributed by atoms with Crippen LogP contribution in [0.25, 0.3) is 0 Å². The number of aliphatic hydroxyl groups is 1. The SMILES string of the molecule is CCC(CO)NC(=O)c1c(O)cccc1OC. The quantitative estimate of drug-likeness (QED) is 0.713. The Morgan fingerprint density at radius 2 is 2.24 bits per heavy atom. The molecule has 0 bridgehead atoms. The summed E-state index contributed by atoms with van der Waals surface area (Å²) >= 11 is 0. The molecule has 1 amide bonds. The van der Waals surface area contributed by atoms with Crippen LogP contribution in [0.15, 0.2) is 18.2 Å². The number of aliphatic hydroxyl groups excluding tert-OH is 1. The fourth-order valence-corrected chi connectivity index (χ4v) is 1.45. The molecule has 0 saturated carbocycles. The van der Waals surface area contributed by atoms with Gasteiger partial charge in [0.15, 0.2) is 0 Å². The van der Waals surface area contributed by atoms with E-state index in [0.29, 0.717) is 12.2 Å². The van der Waals surface area contributed by atoms with E-state index < -0.39 is 5.91 Å². The summed E-state index contributed by atoms with van der Waals surface area (Å²) in [5.41, 5.74) is 0.0851. The van der Waals surface area contributed by atoms with Crippen LogP contribution in [0, 0.1) is 0 Å². The second-order valence-corrected chi connectivity index (χ2v) is 3.62. The van der Waals surface area contributed by atoms with Gasteiger partial charge in [-0.1, -0.05) is 13.0 Å². The fourth-order valence-electron chi connectivity index (χ4n) is 1.45. The molecule has 0 saturated heterocycles. The Labute approximate surface area is 100 Å². The van der Waals surface area contributed by atoms with E-state index in [1.54, 1.807) is 12.1 Å². The number of methoxy groups -OCH3 is 1. The minimum atomic E-state index is -0.458. The molecule has 0 fully saturated rings. The Kier molecular flexibility index (Phi) is 4.78. The van der Waals surface area contributed by atoms with Crippen LogP contribution in [0.4, 0.5) is 0 Å². The number of carbonyl (C=O) groups is 1. The molecule has 5 nitrogen and oxygen atoms in total. The van der Waals surface area contributed by atoms with Crippen LogP contribution < -0.4 is 10.1 Å². The number of carbonyl (C=O) groups excluding carboxylic acids is 1. The molecular weight excluding hydrogens is 222 g/mol. The molecule has 0 heterocycles. The van der Waals surface area contributed by atoms with E-state index >= 15 is 0 Å². The zero-order valence-electron chi connectivity index (χ0n) is 9.93. The van der Waals surface area contributed by atoms with Gasteiger partial charge in [0.05, 0.1) is 19.8 Å². The third-order valence-electron chi connectivity index (χ3n) is 2.50. The van der Waals surface area contributed by atoms with Gasteiger partial charge >= 0.3 is 0 Å². The van der Waals surface area contributed by atoms with E-state index in [-0.39, 0.29) is 24.0 Å². The average molecular weight is 239 g/mol. The number of ether oxygens (including phenoxy) is 1. The average Bonchev–Trinajstić information content (AvgIpc) is 2.35. The fraction of sp³-hybridized carbons (Fsp3) is 0.417. The number of nitrogens with one attached hydrogen (secondary N) is 1. The Balaban J connectivity index is 2.95. The molecule has 1 aromatic carbocycles. The van der Waals surface area contributed by atoms with Crippen LogP contribution in [-0.4, -0.2) is 35.9 Å². The summed E-state index contributed by atoms with van der Waals surface area (Å²) in [5.74, 6) is -0.300. The number of phenolic OH excluding ortho intramolecular Hbond substituents is 1. The van der Waals surface area contributed by atoms with Gasteiger partial charge in [0, 0.05) is 0 Å². The second-order valence-electron chi connectivity index (χ2n) is 3.62. The number of benzene rings is 1. The summed E-state index contributed by atoms with van der Waals surface area (Å²) in [5, 5.41) is 21.3. The van der Waals surface area contributed by atoms with Gasteiger partial charge in [0.2, 0.25) is 0 Å². The number of hydrogen-bond donors (Lipinski definition) is 3. The molecule has 0 aliphatic carbocycles. The van der Waals surface area contributed by atoms with E-state index in [2.05, 4.69) is 5.32 Å². The molecule has 1 aromatic rings. The van der Waals surface area contributed by atoms with Gasteiger partial charge in [-0.3, -0.25) is 4.79 Å². The number of aromatic hydroxyl groups is 1. The molecule has 0 aromatic heterocycles. The van der Waals surface area contributed by atoms with Crippen molar-refractivity contribution in [1.29, 1.82) is 0 Å². The molecule has 17 heavy (non-hydrogen) atoms. The van der Waals surface area contributed by atoms with Crippen LogP contribution in [0.5, 0.6) is 11.5 Å². The summed E-state index contributed by atoms with van der Waals surface area (Å²) in [6.07, 6.45) is 0.609. The topological polar surface area (TPSA) is 78.8 Å². The zero-order chi connectivity index (χ0) is 12.8. The molecule has 1 unspecified atom stereocenters. The molecule has 1 atom stereocenters. The van der Waals surface area contributed by atoms with Crippen LogP contribution >= 0.6 is 0 Å². The lowest BCUT2D eigenvalue weighted by molar-refractivity contribution is 0.0909. The second kappa shape index (κ2) is 6.10. The third-order valence-corrected chi connectivity index (χ3v) is 2.50. The van der Waals surface area contributed by atoms with Crippen molar-refractivity contribution in [3.63, 3.8) is 0 Å². The number of amides is 1. The van der Waals surface area contributed by atoms with Gasteiger partial charge in [-0.2, -0.15) is 0 Å². The van der Waals surface area contributed by atoms with E-state index in [9.17, 15) is 9.90 Å². The summed E-state index contributed by atoms with van der Waals surface area (Å²) in [7, 11) is 1.43. The van der Waals surface area contributed by atoms with Crippen molar-refractivity contribution in [1.82, 2.24) is 5.32 Å². The van der Waals surface area contributed by atoms with Crippen molar-refractivity contribution in [3.05, 3.63) is 23.8 Å². The van der Waals surface area contributed by atoms with Gasteiger partial charge in [-0.25, -0.2) is 0 Å². The highest BCUT2D eigenvalue weighted by atomic mass is 16.5.